The number of aromatic amines is 2. The van der Waals surface area contributed by atoms with Crippen LogP contribution in [0.25, 0.3) is 22.1 Å². The van der Waals surface area contributed by atoms with E-state index in [-0.39, 0.29) is 11.6 Å². The number of H-pyrrole nitrogens is 2. The Bertz CT molecular complexity index is 959. The highest BCUT2D eigenvalue weighted by Gasteiger charge is 2.26. The maximum absolute atomic E-state index is 13.2. The molecule has 2 heterocycles. The molecule has 0 saturated carbocycles. The van der Waals surface area contributed by atoms with Gasteiger partial charge in [-0.3, -0.25) is 0 Å². The molecule has 0 spiro atoms. The Balaban J connectivity index is 1.69. The summed E-state index contributed by atoms with van der Waals surface area (Å²) in [7, 11) is 0. The van der Waals surface area contributed by atoms with Crippen molar-refractivity contribution in [2.45, 2.75) is 12.2 Å². The van der Waals surface area contributed by atoms with Crippen LogP contribution in [0.4, 0.5) is 8.78 Å². The molecule has 0 fully saturated rings. The zero-order chi connectivity index (χ0) is 16.8. The first-order valence-electron chi connectivity index (χ1n) is 7.18. The molecular weight excluding hydrogens is 318 g/mol. The minimum atomic E-state index is -1.41. The number of benzene rings is 2. The number of aliphatic hydroxyl groups is 2. The smallest absolute Gasteiger partial charge is 0.145 e. The van der Waals surface area contributed by atoms with Crippen LogP contribution in [0.2, 0.25) is 0 Å². The van der Waals surface area contributed by atoms with Gasteiger partial charge in [-0.05, 0) is 36.4 Å². The Hall–Kier alpha value is -2.84. The first-order chi connectivity index (χ1) is 11.5. The van der Waals surface area contributed by atoms with Gasteiger partial charge in [0.2, 0.25) is 0 Å². The van der Waals surface area contributed by atoms with Gasteiger partial charge in [-0.15, -0.1) is 0 Å². The van der Waals surface area contributed by atoms with E-state index in [2.05, 4.69) is 19.9 Å². The summed E-state index contributed by atoms with van der Waals surface area (Å²) in [4.78, 5) is 13.8. The highest BCUT2D eigenvalue weighted by atomic mass is 19.1. The van der Waals surface area contributed by atoms with E-state index in [0.717, 1.165) is 0 Å². The Morgan fingerprint density at radius 2 is 1.17 bits per heavy atom. The summed E-state index contributed by atoms with van der Waals surface area (Å²) >= 11 is 0. The number of aromatic nitrogens is 4. The predicted octanol–water partition coefficient (Wildman–Crippen LogP) is 2.48. The standard InChI is InChI=1S/C16H12F2N4O2/c17-7-1-3-9-11(5-7)21-15(19-9)13(23)14(24)16-20-10-4-2-8(18)6-12(10)22-16/h1-6,13-14,23-24H,(H,19,21)(H,20,22)/t13-,14+. The van der Waals surface area contributed by atoms with Crippen LogP contribution in [-0.2, 0) is 0 Å². The summed E-state index contributed by atoms with van der Waals surface area (Å²) in [5.41, 5.74) is 1.74. The van der Waals surface area contributed by atoms with Crippen molar-refractivity contribution >= 4 is 22.1 Å². The molecule has 2 atom stereocenters. The zero-order valence-electron chi connectivity index (χ0n) is 12.2. The molecule has 0 saturated heterocycles. The van der Waals surface area contributed by atoms with E-state index in [1.54, 1.807) is 0 Å². The number of nitrogens with zero attached hydrogens (tertiary/aromatic N) is 2. The normalized spacial score (nSPS) is 14.3. The number of nitrogens with one attached hydrogen (secondary N) is 2. The van der Waals surface area contributed by atoms with Crippen LogP contribution in [0.1, 0.15) is 23.9 Å². The van der Waals surface area contributed by atoms with E-state index in [9.17, 15) is 19.0 Å². The molecule has 4 rings (SSSR count). The predicted molar refractivity (Wildman–Crippen MR) is 82.0 cm³/mol. The van der Waals surface area contributed by atoms with Gasteiger partial charge in [-0.25, -0.2) is 18.7 Å². The van der Waals surface area contributed by atoms with E-state index in [1.807, 2.05) is 0 Å². The number of imidazole rings is 2. The van der Waals surface area contributed by atoms with Gasteiger partial charge < -0.3 is 20.2 Å². The summed E-state index contributed by atoms with van der Waals surface area (Å²) in [6, 6.07) is 7.93. The van der Waals surface area contributed by atoms with Crippen molar-refractivity contribution in [3.63, 3.8) is 0 Å². The fourth-order valence-corrected chi connectivity index (χ4v) is 2.58. The van der Waals surface area contributed by atoms with Gasteiger partial charge in [-0.1, -0.05) is 0 Å². The van der Waals surface area contributed by atoms with Crippen molar-refractivity contribution in [2.24, 2.45) is 0 Å². The highest BCUT2D eigenvalue weighted by molar-refractivity contribution is 5.76. The summed E-state index contributed by atoms with van der Waals surface area (Å²) in [6.07, 6.45) is -2.82. The number of halogens is 2. The van der Waals surface area contributed by atoms with Crippen molar-refractivity contribution in [1.29, 1.82) is 0 Å². The molecule has 4 N–H and O–H groups in total. The van der Waals surface area contributed by atoms with E-state index < -0.39 is 23.8 Å². The quantitative estimate of drug-likeness (QED) is 0.464. The molecule has 4 aromatic rings. The molecule has 0 aliphatic heterocycles. The fraction of sp³-hybridized carbons (Fsp3) is 0.125. The monoisotopic (exact) mass is 330 g/mol. The molecule has 8 heteroatoms. The van der Waals surface area contributed by atoms with E-state index >= 15 is 0 Å². The Labute approximate surface area is 133 Å². The third-order valence-corrected chi connectivity index (χ3v) is 3.78. The average molecular weight is 330 g/mol. The Kier molecular flexibility index (Phi) is 3.29. The van der Waals surface area contributed by atoms with E-state index in [4.69, 9.17) is 0 Å². The fourth-order valence-electron chi connectivity index (χ4n) is 2.58. The van der Waals surface area contributed by atoms with E-state index in [0.29, 0.717) is 22.1 Å². The van der Waals surface area contributed by atoms with Crippen LogP contribution in [-0.4, -0.2) is 30.1 Å². The molecule has 0 aliphatic carbocycles. The van der Waals surface area contributed by atoms with Crippen LogP contribution in [0.5, 0.6) is 0 Å². The summed E-state index contributed by atoms with van der Waals surface area (Å²) in [6.45, 7) is 0. The average Bonchev–Trinajstić information content (AvgIpc) is 3.16. The molecule has 122 valence electrons. The van der Waals surface area contributed by atoms with Gasteiger partial charge in [0, 0.05) is 0 Å². The van der Waals surface area contributed by atoms with Crippen molar-refractivity contribution in [2.75, 3.05) is 0 Å². The van der Waals surface area contributed by atoms with Gasteiger partial charge in [0.1, 0.15) is 35.5 Å². The molecular formula is C16H12F2N4O2. The Morgan fingerprint density at radius 1 is 0.750 bits per heavy atom. The number of fused-ring (bicyclic) bond motifs is 2. The van der Waals surface area contributed by atoms with Crippen LogP contribution in [0.15, 0.2) is 36.4 Å². The van der Waals surface area contributed by atoms with E-state index in [1.165, 1.54) is 36.4 Å². The lowest BCUT2D eigenvalue weighted by Gasteiger charge is -2.13. The summed E-state index contributed by atoms with van der Waals surface area (Å²) < 4.78 is 26.4. The molecule has 6 nitrogen and oxygen atoms in total. The second-order valence-corrected chi connectivity index (χ2v) is 5.46. The Morgan fingerprint density at radius 3 is 1.58 bits per heavy atom. The van der Waals surface area contributed by atoms with Crippen LogP contribution >= 0.6 is 0 Å². The van der Waals surface area contributed by atoms with Crippen molar-refractivity contribution < 1.29 is 19.0 Å². The summed E-state index contributed by atoms with van der Waals surface area (Å²) in [5, 5.41) is 20.6. The van der Waals surface area contributed by atoms with Crippen molar-refractivity contribution in [3.8, 4) is 0 Å². The first kappa shape index (κ1) is 14.7. The van der Waals surface area contributed by atoms with Crippen molar-refractivity contribution in [1.82, 2.24) is 19.9 Å². The SMILES string of the molecule is O[C@H](c1nc2ccc(F)cc2[nH]1)[C@@H](O)c1nc2ccc(F)cc2[nH]1. The molecule has 0 radical (unpaired) electrons. The van der Waals surface area contributed by atoms with Gasteiger partial charge in [0.25, 0.3) is 0 Å². The molecule has 0 aliphatic rings. The lowest BCUT2D eigenvalue weighted by atomic mass is 10.2. The highest BCUT2D eigenvalue weighted by Crippen LogP contribution is 2.28. The van der Waals surface area contributed by atoms with Crippen LogP contribution < -0.4 is 0 Å². The number of rotatable bonds is 3. The van der Waals surface area contributed by atoms with Gasteiger partial charge in [-0.2, -0.15) is 0 Å². The maximum Gasteiger partial charge on any atom is 0.145 e. The maximum atomic E-state index is 13.2. The molecule has 24 heavy (non-hydrogen) atoms. The van der Waals surface area contributed by atoms with Crippen molar-refractivity contribution in [3.05, 3.63) is 59.7 Å². The number of hydrogen-bond donors (Lipinski definition) is 4. The number of aliphatic hydroxyl groups excluding tert-OH is 2. The van der Waals surface area contributed by atoms with Gasteiger partial charge >= 0.3 is 0 Å². The van der Waals surface area contributed by atoms with Gasteiger partial charge in [0.15, 0.2) is 0 Å². The molecule has 2 aromatic heterocycles. The first-order valence-corrected chi connectivity index (χ1v) is 7.18. The van der Waals surface area contributed by atoms with Crippen LogP contribution in [0.3, 0.4) is 0 Å². The lowest BCUT2D eigenvalue weighted by molar-refractivity contribution is 0.00779. The second-order valence-electron chi connectivity index (χ2n) is 5.46. The molecule has 0 unspecified atom stereocenters. The molecule has 0 amide bonds. The molecule has 0 bridgehead atoms. The molecule has 2 aromatic carbocycles. The minimum Gasteiger partial charge on any atom is -0.382 e. The van der Waals surface area contributed by atoms with Gasteiger partial charge in [0.05, 0.1) is 22.1 Å². The minimum absolute atomic E-state index is 0.0785. The van der Waals surface area contributed by atoms with Crippen LogP contribution in [0, 0.1) is 11.6 Å². The largest absolute Gasteiger partial charge is 0.382 e. The summed E-state index contributed by atoms with van der Waals surface area (Å²) in [5.74, 6) is -0.719. The third-order valence-electron chi connectivity index (χ3n) is 3.78. The zero-order valence-corrected chi connectivity index (χ0v) is 12.2. The topological polar surface area (TPSA) is 97.8 Å². The second kappa shape index (κ2) is 5.36. The number of hydrogen-bond acceptors (Lipinski definition) is 4. The lowest BCUT2D eigenvalue weighted by Crippen LogP contribution is -2.13. The third kappa shape index (κ3) is 2.41.